The number of hydrogen-bond donors (Lipinski definition) is 0. The highest BCUT2D eigenvalue weighted by Gasteiger charge is 2.40. The van der Waals surface area contributed by atoms with E-state index < -0.39 is 0 Å². The van der Waals surface area contributed by atoms with Gasteiger partial charge in [-0.05, 0) is 0 Å². The van der Waals surface area contributed by atoms with E-state index in [1.165, 1.54) is 0 Å². The summed E-state index contributed by atoms with van der Waals surface area (Å²) in [7, 11) is 0. The van der Waals surface area contributed by atoms with Crippen LogP contribution < -0.4 is 0 Å². The molecule has 3 heteroatoms. The third-order valence-electron chi connectivity index (χ3n) is 1.94. The Bertz CT molecular complexity index is 146. The summed E-state index contributed by atoms with van der Waals surface area (Å²) >= 11 is 1.87. The fraction of sp³-hybridized carbons (Fsp3) is 0.833. The number of carbonyl (C=O) groups is 1. The average molecular weight is 144 g/mol. The first-order chi connectivity index (χ1) is 4.38. The Hall–Kier alpha value is -0.180. The molecule has 2 saturated heterocycles. The van der Waals surface area contributed by atoms with Crippen LogP contribution in [0.2, 0.25) is 0 Å². The normalized spacial score (nSPS) is 40.7. The summed E-state index contributed by atoms with van der Waals surface area (Å²) in [5.41, 5.74) is 0. The Morgan fingerprint density at radius 2 is 2.44 bits per heavy atom. The molecule has 2 unspecified atom stereocenters. The third kappa shape index (κ3) is 0.748. The first-order valence-electron chi connectivity index (χ1n) is 3.12. The van der Waals surface area contributed by atoms with Crippen molar-refractivity contribution in [2.45, 2.75) is 0 Å². The van der Waals surface area contributed by atoms with Crippen LogP contribution in [0.15, 0.2) is 0 Å². The second-order valence-electron chi connectivity index (χ2n) is 2.53. The maximum Gasteiger partial charge on any atom is 0.310 e. The Morgan fingerprint density at radius 1 is 1.56 bits per heavy atom. The van der Waals surface area contributed by atoms with Crippen LogP contribution >= 0.6 is 11.8 Å². The number of hydrogen-bond acceptors (Lipinski definition) is 3. The Labute approximate surface area is 58.0 Å². The zero-order valence-corrected chi connectivity index (χ0v) is 5.82. The van der Waals surface area contributed by atoms with E-state index in [9.17, 15) is 4.79 Å². The molecule has 50 valence electrons. The lowest BCUT2D eigenvalue weighted by molar-refractivity contribution is -0.140. The van der Waals surface area contributed by atoms with Crippen molar-refractivity contribution in [1.82, 2.24) is 0 Å². The van der Waals surface area contributed by atoms with Crippen molar-refractivity contribution in [2.24, 2.45) is 11.8 Å². The molecule has 2 heterocycles. The first kappa shape index (κ1) is 5.59. The predicted molar refractivity (Wildman–Crippen MR) is 35.3 cm³/mol. The van der Waals surface area contributed by atoms with Crippen LogP contribution in [0.5, 0.6) is 0 Å². The summed E-state index contributed by atoms with van der Waals surface area (Å²) in [5.74, 6) is 2.93. The van der Waals surface area contributed by atoms with E-state index in [0.29, 0.717) is 12.5 Å². The number of cyclic esters (lactones) is 1. The van der Waals surface area contributed by atoms with Gasteiger partial charge in [0, 0.05) is 17.4 Å². The molecule has 2 nitrogen and oxygen atoms in total. The van der Waals surface area contributed by atoms with E-state index in [1.54, 1.807) is 0 Å². The van der Waals surface area contributed by atoms with Gasteiger partial charge in [0.1, 0.15) is 0 Å². The Morgan fingerprint density at radius 3 is 3.22 bits per heavy atom. The SMILES string of the molecule is O=C1OCC2CSCC12. The lowest BCUT2D eigenvalue weighted by Crippen LogP contribution is -2.12. The maximum atomic E-state index is 10.8. The van der Waals surface area contributed by atoms with Gasteiger partial charge in [-0.1, -0.05) is 0 Å². The minimum absolute atomic E-state index is 0.0324. The van der Waals surface area contributed by atoms with Gasteiger partial charge < -0.3 is 4.74 Å². The number of ether oxygens (including phenoxy) is 1. The molecular formula is C6H8O2S. The molecule has 0 spiro atoms. The summed E-state index contributed by atoms with van der Waals surface area (Å²) in [6.07, 6.45) is 0. The van der Waals surface area contributed by atoms with Crippen LogP contribution in [-0.4, -0.2) is 24.1 Å². The van der Waals surface area contributed by atoms with Gasteiger partial charge in [0.2, 0.25) is 0 Å². The van der Waals surface area contributed by atoms with Gasteiger partial charge in [-0.2, -0.15) is 11.8 Å². The van der Waals surface area contributed by atoms with Gasteiger partial charge in [0.05, 0.1) is 12.5 Å². The summed E-state index contributed by atoms with van der Waals surface area (Å²) in [4.78, 5) is 10.8. The molecule has 0 bridgehead atoms. The quantitative estimate of drug-likeness (QED) is 0.464. The zero-order valence-electron chi connectivity index (χ0n) is 5.00. The van der Waals surface area contributed by atoms with E-state index >= 15 is 0 Å². The molecule has 0 aromatic carbocycles. The van der Waals surface area contributed by atoms with Crippen LogP contribution in [-0.2, 0) is 9.53 Å². The molecule has 2 atom stereocenters. The van der Waals surface area contributed by atoms with Crippen LogP contribution in [0.25, 0.3) is 0 Å². The molecule has 0 aromatic heterocycles. The molecule has 0 radical (unpaired) electrons. The minimum atomic E-state index is 0.0324. The number of rotatable bonds is 0. The van der Waals surface area contributed by atoms with Gasteiger partial charge in [0.25, 0.3) is 0 Å². The third-order valence-corrected chi connectivity index (χ3v) is 3.20. The highest BCUT2D eigenvalue weighted by molar-refractivity contribution is 7.99. The van der Waals surface area contributed by atoms with Crippen LogP contribution in [0.4, 0.5) is 0 Å². The number of carbonyl (C=O) groups excluding carboxylic acids is 1. The molecule has 9 heavy (non-hydrogen) atoms. The van der Waals surface area contributed by atoms with E-state index in [-0.39, 0.29) is 11.9 Å². The Balaban J connectivity index is 2.15. The summed E-state index contributed by atoms with van der Waals surface area (Å²) in [5, 5.41) is 0. The van der Waals surface area contributed by atoms with E-state index in [1.807, 2.05) is 11.8 Å². The molecule has 2 aliphatic heterocycles. The van der Waals surface area contributed by atoms with Crippen LogP contribution in [0.3, 0.4) is 0 Å². The standard InChI is InChI=1S/C6H8O2S/c7-6-5-3-9-2-4(5)1-8-6/h4-5H,1-3H2. The summed E-state index contributed by atoms with van der Waals surface area (Å²) < 4.78 is 4.87. The number of esters is 1. The molecule has 2 aliphatic rings. The van der Waals surface area contributed by atoms with Gasteiger partial charge in [0.15, 0.2) is 0 Å². The zero-order chi connectivity index (χ0) is 6.27. The number of fused-ring (bicyclic) bond motifs is 1. The fourth-order valence-corrected chi connectivity index (χ4v) is 2.75. The molecular weight excluding hydrogens is 136 g/mol. The highest BCUT2D eigenvalue weighted by atomic mass is 32.2. The lowest BCUT2D eigenvalue weighted by Gasteiger charge is -1.96. The molecule has 0 aromatic rings. The molecule has 0 aliphatic carbocycles. The second-order valence-corrected chi connectivity index (χ2v) is 3.61. The Kier molecular flexibility index (Phi) is 1.18. The van der Waals surface area contributed by atoms with Gasteiger partial charge in [-0.15, -0.1) is 0 Å². The molecule has 0 saturated carbocycles. The van der Waals surface area contributed by atoms with Crippen molar-refractivity contribution in [3.63, 3.8) is 0 Å². The van der Waals surface area contributed by atoms with E-state index in [4.69, 9.17) is 4.74 Å². The van der Waals surface area contributed by atoms with Crippen molar-refractivity contribution in [1.29, 1.82) is 0 Å². The van der Waals surface area contributed by atoms with Crippen molar-refractivity contribution in [2.75, 3.05) is 18.1 Å². The first-order valence-corrected chi connectivity index (χ1v) is 4.28. The molecule has 2 rings (SSSR count). The van der Waals surface area contributed by atoms with E-state index in [2.05, 4.69) is 0 Å². The van der Waals surface area contributed by atoms with Crippen LogP contribution in [0, 0.1) is 11.8 Å². The maximum absolute atomic E-state index is 10.8. The highest BCUT2D eigenvalue weighted by Crippen LogP contribution is 2.35. The predicted octanol–water partition coefficient (Wildman–Crippen LogP) is 0.522. The summed E-state index contributed by atoms with van der Waals surface area (Å²) in [6, 6.07) is 0. The van der Waals surface area contributed by atoms with Crippen LogP contribution in [0.1, 0.15) is 0 Å². The van der Waals surface area contributed by atoms with Gasteiger partial charge in [-0.3, -0.25) is 4.79 Å². The number of thioether (sulfide) groups is 1. The fourth-order valence-electron chi connectivity index (χ4n) is 1.32. The van der Waals surface area contributed by atoms with E-state index in [0.717, 1.165) is 11.5 Å². The molecule has 0 amide bonds. The molecule has 0 N–H and O–H groups in total. The monoisotopic (exact) mass is 144 g/mol. The largest absolute Gasteiger partial charge is 0.465 e. The van der Waals surface area contributed by atoms with Crippen molar-refractivity contribution < 1.29 is 9.53 Å². The van der Waals surface area contributed by atoms with Gasteiger partial charge in [-0.25, -0.2) is 0 Å². The van der Waals surface area contributed by atoms with Crippen molar-refractivity contribution >= 4 is 17.7 Å². The van der Waals surface area contributed by atoms with Crippen molar-refractivity contribution in [3.8, 4) is 0 Å². The topological polar surface area (TPSA) is 26.3 Å². The lowest BCUT2D eigenvalue weighted by atomic mass is 10.0. The smallest absolute Gasteiger partial charge is 0.310 e. The van der Waals surface area contributed by atoms with Crippen molar-refractivity contribution in [3.05, 3.63) is 0 Å². The van der Waals surface area contributed by atoms with Gasteiger partial charge >= 0.3 is 5.97 Å². The second kappa shape index (κ2) is 1.90. The molecule has 2 fully saturated rings. The average Bonchev–Trinajstić information content (AvgIpc) is 2.35. The summed E-state index contributed by atoms with van der Waals surface area (Å²) in [6.45, 7) is 0.677. The minimum Gasteiger partial charge on any atom is -0.465 e.